The Morgan fingerprint density at radius 3 is 2.50 bits per heavy atom. The summed E-state index contributed by atoms with van der Waals surface area (Å²) in [7, 11) is 0. The predicted octanol–water partition coefficient (Wildman–Crippen LogP) is 2.75. The standard InChI is InChI=1S/C17H20N2O5/c1-10-5-13(8-14(6-10)19(22)23)16(20)18-9-17(4,21)15-7-11(2)24-12(15)3/h5-8,21H,9H2,1-4H3,(H,18,20). The molecule has 1 amide bonds. The summed E-state index contributed by atoms with van der Waals surface area (Å²) in [5, 5.41) is 24.1. The third-order valence-corrected chi connectivity index (χ3v) is 3.75. The number of furan rings is 1. The summed E-state index contributed by atoms with van der Waals surface area (Å²) in [6.45, 7) is 6.72. The van der Waals surface area contributed by atoms with E-state index < -0.39 is 16.4 Å². The van der Waals surface area contributed by atoms with E-state index in [-0.39, 0.29) is 17.8 Å². The van der Waals surface area contributed by atoms with Crippen LogP contribution in [0.2, 0.25) is 0 Å². The molecule has 1 heterocycles. The molecule has 0 aliphatic carbocycles. The summed E-state index contributed by atoms with van der Waals surface area (Å²) in [5.41, 5.74) is -0.0727. The summed E-state index contributed by atoms with van der Waals surface area (Å²) in [6.07, 6.45) is 0. The van der Waals surface area contributed by atoms with Gasteiger partial charge in [0.2, 0.25) is 0 Å². The molecule has 0 saturated heterocycles. The molecule has 2 N–H and O–H groups in total. The minimum atomic E-state index is -1.31. The quantitative estimate of drug-likeness (QED) is 0.647. The summed E-state index contributed by atoms with van der Waals surface area (Å²) < 4.78 is 5.40. The molecule has 0 saturated carbocycles. The molecule has 0 aliphatic heterocycles. The fourth-order valence-electron chi connectivity index (χ4n) is 2.61. The van der Waals surface area contributed by atoms with Gasteiger partial charge in [0.25, 0.3) is 11.6 Å². The zero-order valence-electron chi connectivity index (χ0n) is 14.0. The van der Waals surface area contributed by atoms with Crippen molar-refractivity contribution in [3.63, 3.8) is 0 Å². The van der Waals surface area contributed by atoms with E-state index in [1.807, 2.05) is 0 Å². The highest BCUT2D eigenvalue weighted by Gasteiger charge is 2.28. The maximum Gasteiger partial charge on any atom is 0.270 e. The first kappa shape index (κ1) is 17.7. The maximum absolute atomic E-state index is 12.3. The van der Waals surface area contributed by atoms with Gasteiger partial charge in [0.05, 0.1) is 11.5 Å². The highest BCUT2D eigenvalue weighted by molar-refractivity contribution is 5.95. The van der Waals surface area contributed by atoms with Crippen molar-refractivity contribution in [3.8, 4) is 0 Å². The van der Waals surface area contributed by atoms with Crippen LogP contribution in [0.1, 0.15) is 39.9 Å². The number of benzene rings is 1. The number of hydrogen-bond acceptors (Lipinski definition) is 5. The fourth-order valence-corrected chi connectivity index (χ4v) is 2.61. The van der Waals surface area contributed by atoms with Crippen LogP contribution in [0.5, 0.6) is 0 Å². The molecule has 0 bridgehead atoms. The third kappa shape index (κ3) is 3.80. The van der Waals surface area contributed by atoms with Gasteiger partial charge in [-0.05, 0) is 45.4 Å². The Bertz CT molecular complexity index is 792. The molecule has 0 spiro atoms. The van der Waals surface area contributed by atoms with E-state index >= 15 is 0 Å². The van der Waals surface area contributed by atoms with E-state index in [0.29, 0.717) is 22.6 Å². The molecule has 7 nitrogen and oxygen atoms in total. The number of nitrogens with zero attached hydrogens (tertiary/aromatic N) is 1. The lowest BCUT2D eigenvalue weighted by Crippen LogP contribution is -2.38. The van der Waals surface area contributed by atoms with Crippen molar-refractivity contribution in [3.05, 3.63) is 62.6 Å². The third-order valence-electron chi connectivity index (χ3n) is 3.75. The first-order valence-electron chi connectivity index (χ1n) is 7.44. The number of aryl methyl sites for hydroxylation is 3. The van der Waals surface area contributed by atoms with Crippen molar-refractivity contribution in [2.75, 3.05) is 6.54 Å². The molecule has 0 aliphatic rings. The van der Waals surface area contributed by atoms with Crippen molar-refractivity contribution in [1.82, 2.24) is 5.32 Å². The number of nitro benzene ring substituents is 1. The molecule has 2 aromatic rings. The number of nitro groups is 1. The van der Waals surface area contributed by atoms with Crippen molar-refractivity contribution >= 4 is 11.6 Å². The summed E-state index contributed by atoms with van der Waals surface area (Å²) in [4.78, 5) is 22.6. The number of aliphatic hydroxyl groups is 1. The van der Waals surface area contributed by atoms with E-state index in [0.717, 1.165) is 0 Å². The van der Waals surface area contributed by atoms with Gasteiger partial charge in [-0.1, -0.05) is 0 Å². The molecule has 1 aromatic heterocycles. The molecule has 0 radical (unpaired) electrons. The Morgan fingerprint density at radius 1 is 1.29 bits per heavy atom. The molecular weight excluding hydrogens is 312 g/mol. The van der Waals surface area contributed by atoms with Gasteiger partial charge in [-0.2, -0.15) is 0 Å². The minimum Gasteiger partial charge on any atom is -0.466 e. The average Bonchev–Trinajstić information content (AvgIpc) is 2.83. The Morgan fingerprint density at radius 2 is 1.96 bits per heavy atom. The van der Waals surface area contributed by atoms with Gasteiger partial charge in [-0.25, -0.2) is 0 Å². The molecule has 2 rings (SSSR count). The zero-order valence-corrected chi connectivity index (χ0v) is 14.0. The number of non-ortho nitro benzene ring substituents is 1. The lowest BCUT2D eigenvalue weighted by atomic mass is 9.96. The zero-order chi connectivity index (χ0) is 18.1. The number of rotatable bonds is 5. The Kier molecular flexibility index (Phi) is 4.75. The molecule has 1 unspecified atom stereocenters. The van der Waals surface area contributed by atoms with Crippen molar-refractivity contribution in [2.24, 2.45) is 0 Å². The van der Waals surface area contributed by atoms with E-state index in [9.17, 15) is 20.0 Å². The lowest BCUT2D eigenvalue weighted by Gasteiger charge is -2.23. The van der Waals surface area contributed by atoms with E-state index in [2.05, 4.69) is 5.32 Å². The van der Waals surface area contributed by atoms with E-state index in [1.165, 1.54) is 12.1 Å². The van der Waals surface area contributed by atoms with Gasteiger partial charge in [-0.15, -0.1) is 0 Å². The summed E-state index contributed by atoms with van der Waals surface area (Å²) in [6, 6.07) is 5.89. The molecule has 0 fully saturated rings. The average molecular weight is 332 g/mol. The maximum atomic E-state index is 12.3. The van der Waals surface area contributed by atoms with Crippen LogP contribution in [0.4, 0.5) is 5.69 Å². The van der Waals surface area contributed by atoms with Crippen LogP contribution >= 0.6 is 0 Å². The predicted molar refractivity (Wildman–Crippen MR) is 87.9 cm³/mol. The van der Waals surface area contributed by atoms with Gasteiger partial charge < -0.3 is 14.8 Å². The lowest BCUT2D eigenvalue weighted by molar-refractivity contribution is -0.384. The largest absolute Gasteiger partial charge is 0.466 e. The van der Waals surface area contributed by atoms with Crippen LogP contribution in [0.25, 0.3) is 0 Å². The first-order chi connectivity index (χ1) is 11.1. The van der Waals surface area contributed by atoms with Gasteiger partial charge >= 0.3 is 0 Å². The molecule has 1 atom stereocenters. The number of amides is 1. The molecule has 24 heavy (non-hydrogen) atoms. The minimum absolute atomic E-state index is 0.0482. The number of nitrogens with one attached hydrogen (secondary N) is 1. The van der Waals surface area contributed by atoms with Crippen LogP contribution < -0.4 is 5.32 Å². The van der Waals surface area contributed by atoms with E-state index in [1.54, 1.807) is 39.8 Å². The van der Waals surface area contributed by atoms with Crippen LogP contribution in [0.3, 0.4) is 0 Å². The molecular formula is C17H20N2O5. The number of carbonyl (C=O) groups is 1. The van der Waals surface area contributed by atoms with Crippen molar-refractivity contribution in [2.45, 2.75) is 33.3 Å². The number of carbonyl (C=O) groups excluding carboxylic acids is 1. The highest BCUT2D eigenvalue weighted by Crippen LogP contribution is 2.26. The summed E-state index contributed by atoms with van der Waals surface area (Å²) in [5.74, 6) is 0.765. The van der Waals surface area contributed by atoms with Gasteiger partial charge in [0.15, 0.2) is 0 Å². The summed E-state index contributed by atoms with van der Waals surface area (Å²) >= 11 is 0. The molecule has 7 heteroatoms. The molecule has 1 aromatic carbocycles. The second-order valence-electron chi connectivity index (χ2n) is 6.10. The smallest absolute Gasteiger partial charge is 0.270 e. The van der Waals surface area contributed by atoms with Crippen LogP contribution in [0, 0.1) is 30.9 Å². The second kappa shape index (κ2) is 6.45. The van der Waals surface area contributed by atoms with E-state index in [4.69, 9.17) is 4.42 Å². The first-order valence-corrected chi connectivity index (χ1v) is 7.44. The second-order valence-corrected chi connectivity index (χ2v) is 6.10. The van der Waals surface area contributed by atoms with Crippen molar-refractivity contribution in [1.29, 1.82) is 0 Å². The SMILES string of the molecule is Cc1cc(C(=O)NCC(C)(O)c2cc(C)oc2C)cc([N+](=O)[O-])c1. The fraction of sp³-hybridized carbons (Fsp3) is 0.353. The topological polar surface area (TPSA) is 106 Å². The van der Waals surface area contributed by atoms with Crippen LogP contribution in [-0.2, 0) is 5.60 Å². The Balaban J connectivity index is 2.15. The molecule has 128 valence electrons. The van der Waals surface area contributed by atoms with Crippen molar-refractivity contribution < 1.29 is 19.2 Å². The number of hydrogen-bond donors (Lipinski definition) is 2. The van der Waals surface area contributed by atoms with Gasteiger partial charge in [-0.3, -0.25) is 14.9 Å². The Hall–Kier alpha value is -2.67. The van der Waals surface area contributed by atoms with Gasteiger partial charge in [0, 0.05) is 23.3 Å². The van der Waals surface area contributed by atoms with Crippen LogP contribution in [0.15, 0.2) is 28.7 Å². The van der Waals surface area contributed by atoms with Gasteiger partial charge in [0.1, 0.15) is 17.1 Å². The highest BCUT2D eigenvalue weighted by atomic mass is 16.6. The normalized spacial score (nSPS) is 13.4. The van der Waals surface area contributed by atoms with Crippen LogP contribution in [-0.4, -0.2) is 22.5 Å². The Labute approximate surface area is 139 Å². The monoisotopic (exact) mass is 332 g/mol.